The monoisotopic (exact) mass is 2590 g/mol. The maximum atomic E-state index is 9.69. The molecule has 0 spiro atoms. The summed E-state index contributed by atoms with van der Waals surface area (Å²) in [5, 5.41) is 37.0. The van der Waals surface area contributed by atoms with Gasteiger partial charge in [-0.3, -0.25) is 40.5 Å². The van der Waals surface area contributed by atoms with Crippen LogP contribution < -0.4 is 277 Å². The molecule has 0 aliphatic heterocycles. The first kappa shape index (κ1) is 260. The molecule has 0 radical (unpaired) electrons. The first-order chi connectivity index (χ1) is 17.4. The number of hydrogen-bond acceptors (Lipinski definition) is 8. The summed E-state index contributed by atoms with van der Waals surface area (Å²) in [7, 11) is 1.78. The quantitative estimate of drug-likeness (QED) is 0.0744. The smallest absolute Gasteiger partial charge is 1.00 e. The molecular weight excluding hydrogens is 2550 g/mol. The summed E-state index contributed by atoms with van der Waals surface area (Å²) in [5.74, 6) is 0. The van der Waals surface area contributed by atoms with Crippen LogP contribution in [-0.2, 0) is 0 Å². The van der Waals surface area contributed by atoms with Gasteiger partial charge in [-0.1, -0.05) is 74.3 Å². The second-order valence-corrected chi connectivity index (χ2v) is 15.6. The van der Waals surface area contributed by atoms with Crippen LogP contribution in [-0.4, -0.2) is 71.2 Å². The van der Waals surface area contributed by atoms with Gasteiger partial charge in [0, 0.05) is 331 Å². The van der Waals surface area contributed by atoms with Gasteiger partial charge in [-0.15, -0.1) is 0 Å². The molecule has 0 aromatic heterocycles. The summed E-state index contributed by atoms with van der Waals surface area (Å²) in [5.41, 5.74) is 0. The second-order valence-electron chi connectivity index (χ2n) is 2.33. The van der Waals surface area contributed by atoms with E-state index in [4.69, 9.17) is 20.2 Å². The fourth-order valence-electron chi connectivity index (χ4n) is 0. The van der Waals surface area contributed by atoms with Crippen LogP contribution in [0.1, 0.15) is 80.0 Å². The minimum atomic E-state index is -1.34. The van der Waals surface area contributed by atoms with E-state index in [-0.39, 0.29) is 390 Å². The standard InChI is InChI=1S/2CBr3NO2.2CH3NO2.10CH4.8Br2.2BrH.3K.3Na.6H2O.4H/c2*2-1(3,4)5(6)7;2*1-2(3)4;;;;;;;;;;;8*1-2;;;;;;;;;;;;;;;;;;/h;;2*1H3;10*1H4;;;;;;;;;2*1H;;;;;;;6*1H2;;;;/q;;;;;;;;;;;;;;;;;;;;;;;;6*+1;;;;;;;4*-1/p-2. The number of rotatable bonds is 0. The molecule has 12 N–H and O–H groups in total. The summed E-state index contributed by atoms with van der Waals surface area (Å²) < 4.78 is -2.68. The first-order valence-electron chi connectivity index (χ1n) is 5.08. The van der Waals surface area contributed by atoms with Gasteiger partial charge in [-0.05, 0) is 0 Å². The number of nitrogens with zero attached hydrogens (tertiary/aromatic N) is 4. The van der Waals surface area contributed by atoms with Crippen LogP contribution in [0.3, 0.4) is 0 Å². The third kappa shape index (κ3) is 532. The Hall–Kier alpha value is 16.8. The topological polar surface area (TPSA) is 362 Å². The van der Waals surface area contributed by atoms with Gasteiger partial charge >= 0.3 is 247 Å². The molecule has 0 aliphatic carbocycles. The van der Waals surface area contributed by atoms with Crippen molar-refractivity contribution in [1.82, 2.24) is 0 Å². The largest absolute Gasteiger partial charge is 1.00 e. The van der Waals surface area contributed by atoms with Gasteiger partial charge < -0.3 is 72.5 Å². The third-order valence-corrected chi connectivity index (χ3v) is 2.15. The minimum absolute atomic E-state index is 0. The molecule has 0 aliphatic rings. The van der Waals surface area contributed by atoms with Crippen molar-refractivity contribution in [2.75, 3.05) is 14.1 Å². The predicted molar refractivity (Wildman–Crippen MR) is 335 cm³/mol. The summed E-state index contributed by atoms with van der Waals surface area (Å²) in [6, 6.07) is 0. The van der Waals surface area contributed by atoms with Crippen LogP contribution >= 0.6 is 322 Å². The van der Waals surface area contributed by atoms with E-state index in [1.165, 1.54) is 0 Å². The maximum absolute atomic E-state index is 9.69. The van der Waals surface area contributed by atoms with Gasteiger partial charge in [0.15, 0.2) is 14.1 Å². The van der Waals surface area contributed by atoms with Crippen molar-refractivity contribution in [3.8, 4) is 0 Å². The molecule has 0 fully saturated rings. The second kappa shape index (κ2) is 276. The van der Waals surface area contributed by atoms with Crippen molar-refractivity contribution in [1.29, 1.82) is 0 Å². The number of alkyl halides is 6. The van der Waals surface area contributed by atoms with Crippen LogP contribution in [0.15, 0.2) is 0 Å². The van der Waals surface area contributed by atoms with E-state index < -0.39 is 24.2 Å². The Bertz CT molecular complexity index is 450. The third-order valence-electron chi connectivity index (χ3n) is 0.414. The molecule has 0 unspecified atom stereocenters. The van der Waals surface area contributed by atoms with Crippen molar-refractivity contribution in [3.05, 3.63) is 40.5 Å². The van der Waals surface area contributed by atoms with Crippen molar-refractivity contribution in [3.63, 3.8) is 0 Å². The zero-order valence-electron chi connectivity index (χ0n) is 30.1. The summed E-state index contributed by atoms with van der Waals surface area (Å²) in [4.78, 5) is 34.9. The van der Waals surface area contributed by atoms with Crippen molar-refractivity contribution >= 4 is 322 Å². The van der Waals surface area contributed by atoms with Crippen LogP contribution in [0.4, 0.5) is 0 Å². The van der Waals surface area contributed by atoms with E-state index >= 15 is 0 Å². The van der Waals surface area contributed by atoms with E-state index in [9.17, 15) is 20.2 Å². The minimum Gasteiger partial charge on any atom is -1.00 e. The molecule has 0 saturated heterocycles. The molecule has 0 rings (SSSR count). The first-order valence-corrected chi connectivity index (χ1v) is 39.6. The Balaban J connectivity index is -0.00000000291. The zero-order chi connectivity index (χ0) is 35.3. The van der Waals surface area contributed by atoms with Gasteiger partial charge in [0.05, 0.1) is 9.85 Å². The van der Waals surface area contributed by atoms with Crippen LogP contribution in [0.2, 0.25) is 0 Å². The molecule has 0 amide bonds. The van der Waals surface area contributed by atoms with E-state index in [0.717, 1.165) is 14.1 Å². The van der Waals surface area contributed by atoms with Crippen molar-refractivity contribution < 1.29 is 335 Å². The number of halogens is 24. The molecule has 0 bridgehead atoms. The van der Waals surface area contributed by atoms with E-state index in [1.807, 2.05) is 0 Å². The molecule has 0 aromatic rings. The fourth-order valence-corrected chi connectivity index (χ4v) is 0. The Labute approximate surface area is 769 Å². The summed E-state index contributed by atoms with van der Waals surface area (Å²) >= 11 is 60.1. The Morgan fingerprint density at radius 3 is 0.339 bits per heavy atom. The normalized spacial score (nSPS) is 4.13. The number of hydrogen-bond donors (Lipinski definition) is 0. The summed E-state index contributed by atoms with van der Waals surface area (Å²) in [6.45, 7) is 0. The molecule has 48 heteroatoms. The van der Waals surface area contributed by atoms with E-state index in [0.29, 0.717) is 0 Å². The van der Waals surface area contributed by atoms with Crippen LogP contribution in [0.25, 0.3) is 0 Å². The molecule has 0 heterocycles. The molecule has 0 saturated carbocycles. The number of nitro groups is 4. The SMILES string of the molecule is BrBr.BrBr.BrBr.BrBr.BrBr.BrBr.BrBr.BrBr.C.C.C.C.C.C.C.C.C.C.C[N+](=O)[O-].C[N+](=O)[O-].O.O.O.O.O.O.O=[N+]([O-])C(Br)(Br)Br.O=[N+]([O-])C(Br)(Br)Br.[Br-].[Br-].[H-].[H-].[H-].[H-].[K+].[K+].[K+].[Na+].[Na+].[Na+]. The molecule has 62 heavy (non-hydrogen) atoms. The molecule has 396 valence electrons. The predicted octanol–water partition coefficient (Wildman–Crippen LogP) is -4.67. The van der Waals surface area contributed by atoms with Crippen LogP contribution in [0, 0.1) is 40.5 Å². The van der Waals surface area contributed by atoms with Gasteiger partial charge in [-0.2, -0.15) is 0 Å². The molecule has 0 atom stereocenters. The zero-order valence-corrected chi connectivity index (χ0v) is 79.6. The maximum Gasteiger partial charge on any atom is 1.00 e. The Morgan fingerprint density at radius 1 is 0.323 bits per heavy atom. The molecule has 0 aromatic carbocycles. The summed E-state index contributed by atoms with van der Waals surface area (Å²) in [6.07, 6.45) is 0. The van der Waals surface area contributed by atoms with Gasteiger partial charge in [0.25, 0.3) is 0 Å². The van der Waals surface area contributed by atoms with E-state index in [2.05, 4.69) is 322 Å². The van der Waals surface area contributed by atoms with Gasteiger partial charge in [0.2, 0.25) is 0 Å². The van der Waals surface area contributed by atoms with Gasteiger partial charge in [0.1, 0.15) is 0 Å². The molecular formula is C14H62Br24K3N4Na3O14. The van der Waals surface area contributed by atoms with Crippen molar-refractivity contribution in [2.45, 2.75) is 78.8 Å². The average molecular weight is 2610 g/mol. The fraction of sp³-hybridized carbons (Fsp3) is 1.00. The average Bonchev–Trinajstić information content (AvgIpc) is 2.87. The van der Waals surface area contributed by atoms with E-state index in [1.54, 1.807) is 0 Å². The van der Waals surface area contributed by atoms with Crippen molar-refractivity contribution in [2.24, 2.45) is 0 Å². The van der Waals surface area contributed by atoms with Crippen LogP contribution in [0.5, 0.6) is 0 Å². The Kier molecular flexibility index (Phi) is 1160. The molecule has 18 nitrogen and oxygen atoms in total. The van der Waals surface area contributed by atoms with Gasteiger partial charge in [-0.25, -0.2) is 0 Å². The Morgan fingerprint density at radius 2 is 0.339 bits per heavy atom.